The molecule has 0 saturated carbocycles. The Morgan fingerprint density at radius 2 is 1.95 bits per heavy atom. The molecule has 0 saturated heterocycles. The highest BCUT2D eigenvalue weighted by Gasteiger charge is 2.31. The van der Waals surface area contributed by atoms with Gasteiger partial charge in [-0.15, -0.1) is 0 Å². The fraction of sp³-hybridized carbons (Fsp3) is 0.333. The zero-order chi connectivity index (χ0) is 14.7. The van der Waals surface area contributed by atoms with Crippen molar-refractivity contribution in [3.8, 4) is 17.6 Å². The van der Waals surface area contributed by atoms with Gasteiger partial charge in [-0.2, -0.15) is 5.26 Å². The average molecular weight is 273 g/mol. The molecule has 0 amide bonds. The summed E-state index contributed by atoms with van der Waals surface area (Å²) in [5.41, 5.74) is 1.83. The maximum Gasteiger partial charge on any atom is 0.317 e. The molecule has 5 heteroatoms. The molecule has 1 atom stereocenters. The van der Waals surface area contributed by atoms with E-state index in [0.29, 0.717) is 34.8 Å². The molecule has 0 spiro atoms. The van der Waals surface area contributed by atoms with E-state index < -0.39 is 5.92 Å². The Bertz CT molecular complexity index is 613. The summed E-state index contributed by atoms with van der Waals surface area (Å²) in [5.74, 6) is 0.107. The summed E-state index contributed by atoms with van der Waals surface area (Å²) in [6, 6.07) is 5.52. The molecule has 20 heavy (non-hydrogen) atoms. The molecule has 1 aliphatic rings. The van der Waals surface area contributed by atoms with Crippen LogP contribution in [0.25, 0.3) is 5.57 Å². The van der Waals surface area contributed by atoms with Gasteiger partial charge in [0, 0.05) is 5.56 Å². The topological polar surface area (TPSA) is 68.6 Å². The SMILES string of the molecule is CCOC(=O)C1C=C(C#N)c2cc(OC)c(OC)cc21. The van der Waals surface area contributed by atoms with Gasteiger partial charge in [0.25, 0.3) is 0 Å². The van der Waals surface area contributed by atoms with Crippen molar-refractivity contribution in [3.05, 3.63) is 29.3 Å². The number of hydrogen-bond donors (Lipinski definition) is 0. The number of methoxy groups -OCH3 is 2. The van der Waals surface area contributed by atoms with Gasteiger partial charge in [-0.05, 0) is 30.7 Å². The van der Waals surface area contributed by atoms with Crippen molar-refractivity contribution in [1.82, 2.24) is 0 Å². The molecule has 5 nitrogen and oxygen atoms in total. The van der Waals surface area contributed by atoms with Crippen LogP contribution in [0.2, 0.25) is 0 Å². The molecule has 1 aliphatic carbocycles. The minimum absolute atomic E-state index is 0.299. The van der Waals surface area contributed by atoms with E-state index in [1.165, 1.54) is 14.2 Å². The Kier molecular flexibility index (Phi) is 3.94. The van der Waals surface area contributed by atoms with Gasteiger partial charge in [0.1, 0.15) is 5.92 Å². The fourth-order valence-electron chi connectivity index (χ4n) is 2.26. The summed E-state index contributed by atoms with van der Waals surface area (Å²) in [7, 11) is 3.05. The number of fused-ring (bicyclic) bond motifs is 1. The largest absolute Gasteiger partial charge is 0.493 e. The number of carbonyl (C=O) groups excluding carboxylic acids is 1. The molecule has 0 radical (unpaired) electrons. The summed E-state index contributed by atoms with van der Waals surface area (Å²) in [6.45, 7) is 2.05. The Labute approximate surface area is 117 Å². The third kappa shape index (κ3) is 2.21. The number of nitrogens with zero attached hydrogens (tertiary/aromatic N) is 1. The lowest BCUT2D eigenvalue weighted by molar-refractivity contribution is -0.143. The first kappa shape index (κ1) is 13.9. The quantitative estimate of drug-likeness (QED) is 0.787. The molecule has 0 fully saturated rings. The minimum Gasteiger partial charge on any atom is -0.493 e. The van der Waals surface area contributed by atoms with Crippen LogP contribution < -0.4 is 9.47 Å². The van der Waals surface area contributed by atoms with Gasteiger partial charge in [-0.25, -0.2) is 0 Å². The van der Waals surface area contributed by atoms with Gasteiger partial charge in [0.2, 0.25) is 0 Å². The normalized spacial score (nSPS) is 15.9. The van der Waals surface area contributed by atoms with Crippen LogP contribution in [0.3, 0.4) is 0 Å². The molecule has 2 rings (SSSR count). The Balaban J connectivity index is 2.53. The highest BCUT2D eigenvalue weighted by molar-refractivity contribution is 5.94. The van der Waals surface area contributed by atoms with E-state index >= 15 is 0 Å². The predicted molar refractivity (Wildman–Crippen MR) is 72.5 cm³/mol. The summed E-state index contributed by atoms with van der Waals surface area (Å²) >= 11 is 0. The highest BCUT2D eigenvalue weighted by atomic mass is 16.5. The molecule has 1 aromatic carbocycles. The molecule has 0 aromatic heterocycles. The second-order valence-electron chi connectivity index (χ2n) is 4.22. The van der Waals surface area contributed by atoms with E-state index in [-0.39, 0.29) is 5.97 Å². The maximum absolute atomic E-state index is 12.0. The molecule has 1 unspecified atom stereocenters. The monoisotopic (exact) mass is 273 g/mol. The van der Waals surface area contributed by atoms with Gasteiger partial charge >= 0.3 is 5.97 Å². The van der Waals surface area contributed by atoms with Crippen LogP contribution in [0.15, 0.2) is 18.2 Å². The van der Waals surface area contributed by atoms with E-state index in [0.717, 1.165) is 0 Å². The minimum atomic E-state index is -0.570. The maximum atomic E-state index is 12.0. The van der Waals surface area contributed by atoms with E-state index in [4.69, 9.17) is 14.2 Å². The number of benzene rings is 1. The summed E-state index contributed by atoms with van der Waals surface area (Å²) < 4.78 is 15.5. The Morgan fingerprint density at radius 1 is 1.30 bits per heavy atom. The second-order valence-corrected chi connectivity index (χ2v) is 4.22. The summed E-state index contributed by atoms with van der Waals surface area (Å²) in [4.78, 5) is 12.0. The van der Waals surface area contributed by atoms with Crippen molar-refractivity contribution in [1.29, 1.82) is 5.26 Å². The van der Waals surface area contributed by atoms with Gasteiger partial charge in [-0.1, -0.05) is 0 Å². The van der Waals surface area contributed by atoms with E-state index in [1.54, 1.807) is 25.1 Å². The lowest BCUT2D eigenvalue weighted by Crippen LogP contribution is -2.13. The first-order valence-electron chi connectivity index (χ1n) is 6.21. The number of esters is 1. The van der Waals surface area contributed by atoms with Crippen LogP contribution in [0.4, 0.5) is 0 Å². The third-order valence-electron chi connectivity index (χ3n) is 3.18. The molecule has 1 aromatic rings. The predicted octanol–water partition coefficient (Wildman–Crippen LogP) is 2.27. The molecule has 0 N–H and O–H groups in total. The van der Waals surface area contributed by atoms with E-state index in [2.05, 4.69) is 6.07 Å². The van der Waals surface area contributed by atoms with Gasteiger partial charge < -0.3 is 14.2 Å². The van der Waals surface area contributed by atoms with Crippen molar-refractivity contribution in [3.63, 3.8) is 0 Å². The van der Waals surface area contributed by atoms with Crippen molar-refractivity contribution >= 4 is 11.5 Å². The Hall–Kier alpha value is -2.48. The van der Waals surface area contributed by atoms with Crippen LogP contribution in [0, 0.1) is 11.3 Å². The summed E-state index contributed by atoms with van der Waals surface area (Å²) in [5, 5.41) is 9.19. The lowest BCUT2D eigenvalue weighted by atomic mass is 9.99. The molecular formula is C15H15NO4. The molecule has 104 valence electrons. The zero-order valence-corrected chi connectivity index (χ0v) is 11.6. The summed E-state index contributed by atoms with van der Waals surface area (Å²) in [6.07, 6.45) is 1.61. The standard InChI is InChI=1S/C15H15NO4/c1-4-20-15(17)12-5-9(8-16)10-6-13(18-2)14(19-3)7-11(10)12/h5-7,12H,4H2,1-3H3. The van der Waals surface area contributed by atoms with E-state index in [9.17, 15) is 10.1 Å². The van der Waals surface area contributed by atoms with Crippen LogP contribution >= 0.6 is 0 Å². The molecule has 0 bridgehead atoms. The average Bonchev–Trinajstić information content (AvgIpc) is 2.83. The van der Waals surface area contributed by atoms with Gasteiger partial charge in [0.15, 0.2) is 11.5 Å². The molecule has 0 heterocycles. The zero-order valence-electron chi connectivity index (χ0n) is 11.6. The van der Waals surface area contributed by atoms with Crippen molar-refractivity contribution in [2.45, 2.75) is 12.8 Å². The van der Waals surface area contributed by atoms with Crippen molar-refractivity contribution in [2.24, 2.45) is 0 Å². The van der Waals surface area contributed by atoms with E-state index in [1.807, 2.05) is 0 Å². The first-order chi connectivity index (χ1) is 9.65. The first-order valence-corrected chi connectivity index (χ1v) is 6.21. The van der Waals surface area contributed by atoms with Crippen molar-refractivity contribution in [2.75, 3.05) is 20.8 Å². The Morgan fingerprint density at radius 3 is 2.50 bits per heavy atom. The smallest absolute Gasteiger partial charge is 0.317 e. The number of ether oxygens (including phenoxy) is 3. The molecule has 0 aliphatic heterocycles. The lowest BCUT2D eigenvalue weighted by Gasteiger charge is -2.13. The number of nitriles is 1. The fourth-order valence-corrected chi connectivity index (χ4v) is 2.26. The van der Waals surface area contributed by atoms with Crippen LogP contribution in [-0.2, 0) is 9.53 Å². The third-order valence-corrected chi connectivity index (χ3v) is 3.18. The number of hydrogen-bond acceptors (Lipinski definition) is 5. The highest BCUT2D eigenvalue weighted by Crippen LogP contribution is 2.42. The number of allylic oxidation sites excluding steroid dienone is 1. The van der Waals surface area contributed by atoms with Crippen LogP contribution in [-0.4, -0.2) is 26.8 Å². The molecular weight excluding hydrogens is 258 g/mol. The number of rotatable bonds is 4. The van der Waals surface area contributed by atoms with Gasteiger partial charge in [0.05, 0.1) is 32.5 Å². The van der Waals surface area contributed by atoms with Crippen LogP contribution in [0.1, 0.15) is 24.0 Å². The number of carbonyl (C=O) groups is 1. The van der Waals surface area contributed by atoms with Gasteiger partial charge in [-0.3, -0.25) is 4.79 Å². The second kappa shape index (κ2) is 5.66. The van der Waals surface area contributed by atoms with Crippen LogP contribution in [0.5, 0.6) is 11.5 Å². The van der Waals surface area contributed by atoms with Crippen molar-refractivity contribution < 1.29 is 19.0 Å².